The first kappa shape index (κ1) is 11.1. The third kappa shape index (κ3) is 2.49. The van der Waals surface area contributed by atoms with E-state index in [1.165, 1.54) is 0 Å². The molecule has 5 nitrogen and oxygen atoms in total. The molecule has 0 atom stereocenters. The summed E-state index contributed by atoms with van der Waals surface area (Å²) in [6, 6.07) is 0.0522. The number of aliphatic hydroxyl groups excluding tert-OH is 1. The summed E-state index contributed by atoms with van der Waals surface area (Å²) in [4.78, 5) is 13.3. The van der Waals surface area contributed by atoms with Gasteiger partial charge < -0.3 is 10.0 Å². The second kappa shape index (κ2) is 5.02. The van der Waals surface area contributed by atoms with Crippen molar-refractivity contribution < 1.29 is 9.90 Å². The van der Waals surface area contributed by atoms with Crippen LogP contribution in [0.15, 0.2) is 5.38 Å². The molecule has 1 rings (SSSR count). The molecule has 0 saturated heterocycles. The van der Waals surface area contributed by atoms with Gasteiger partial charge in [-0.05, 0) is 25.4 Å². The van der Waals surface area contributed by atoms with Crippen LogP contribution >= 0.6 is 11.5 Å². The number of hydrogen-bond acceptors (Lipinski definition) is 5. The van der Waals surface area contributed by atoms with E-state index in [1.54, 1.807) is 10.3 Å². The lowest BCUT2D eigenvalue weighted by atomic mass is 10.3. The number of hydrogen-bond donors (Lipinski definition) is 1. The monoisotopic (exact) mass is 215 g/mol. The molecular formula is C8H13N3O2S. The zero-order valence-corrected chi connectivity index (χ0v) is 8.99. The van der Waals surface area contributed by atoms with Crippen molar-refractivity contribution in [1.82, 2.24) is 14.5 Å². The third-order valence-corrected chi connectivity index (χ3v) is 2.31. The number of aliphatic hydroxyl groups is 1. The van der Waals surface area contributed by atoms with Gasteiger partial charge in [0.15, 0.2) is 5.69 Å². The van der Waals surface area contributed by atoms with Gasteiger partial charge in [0.05, 0.1) is 6.61 Å². The van der Waals surface area contributed by atoms with Gasteiger partial charge >= 0.3 is 0 Å². The molecular weight excluding hydrogens is 202 g/mol. The van der Waals surface area contributed by atoms with Gasteiger partial charge in [0.1, 0.15) is 0 Å². The maximum absolute atomic E-state index is 11.8. The van der Waals surface area contributed by atoms with E-state index in [0.717, 1.165) is 11.5 Å². The zero-order chi connectivity index (χ0) is 10.6. The normalized spacial score (nSPS) is 10.6. The summed E-state index contributed by atoms with van der Waals surface area (Å²) < 4.78 is 3.63. The van der Waals surface area contributed by atoms with Crippen molar-refractivity contribution in [3.63, 3.8) is 0 Å². The minimum Gasteiger partial charge on any atom is -0.395 e. The maximum Gasteiger partial charge on any atom is 0.275 e. The fourth-order valence-corrected chi connectivity index (χ4v) is 1.54. The smallest absolute Gasteiger partial charge is 0.275 e. The van der Waals surface area contributed by atoms with Gasteiger partial charge in [0.25, 0.3) is 5.91 Å². The van der Waals surface area contributed by atoms with E-state index in [2.05, 4.69) is 9.59 Å². The van der Waals surface area contributed by atoms with Crippen LogP contribution in [0.2, 0.25) is 0 Å². The number of nitrogens with zero attached hydrogens (tertiary/aromatic N) is 3. The summed E-state index contributed by atoms with van der Waals surface area (Å²) in [7, 11) is 0. The Morgan fingerprint density at radius 1 is 1.71 bits per heavy atom. The van der Waals surface area contributed by atoms with Gasteiger partial charge in [-0.3, -0.25) is 4.79 Å². The Morgan fingerprint density at radius 2 is 2.43 bits per heavy atom. The summed E-state index contributed by atoms with van der Waals surface area (Å²) in [5, 5.41) is 14.1. The van der Waals surface area contributed by atoms with Gasteiger partial charge in [0.2, 0.25) is 0 Å². The highest BCUT2D eigenvalue weighted by molar-refractivity contribution is 7.03. The number of rotatable bonds is 4. The van der Waals surface area contributed by atoms with E-state index in [0.29, 0.717) is 12.2 Å². The molecule has 0 spiro atoms. The third-order valence-electron chi connectivity index (χ3n) is 1.80. The lowest BCUT2D eigenvalue weighted by Gasteiger charge is -2.24. The second-order valence-corrected chi connectivity index (χ2v) is 3.72. The molecule has 0 bridgehead atoms. The summed E-state index contributed by atoms with van der Waals surface area (Å²) in [6.07, 6.45) is 0. The first-order valence-corrected chi connectivity index (χ1v) is 5.19. The standard InChI is InChI=1S/C8H13N3O2S/c1-6(2)11(3-4-12)8(13)7-5-14-10-9-7/h5-6,12H,3-4H2,1-2H3. The Kier molecular flexibility index (Phi) is 3.97. The van der Waals surface area contributed by atoms with Gasteiger partial charge in [-0.2, -0.15) is 0 Å². The molecule has 0 aromatic carbocycles. The molecule has 0 unspecified atom stereocenters. The SMILES string of the molecule is CC(C)N(CCO)C(=O)c1csnn1. The molecule has 0 radical (unpaired) electrons. The van der Waals surface area contributed by atoms with Crippen LogP contribution < -0.4 is 0 Å². The Hall–Kier alpha value is -1.01. The van der Waals surface area contributed by atoms with E-state index in [1.807, 2.05) is 13.8 Å². The summed E-state index contributed by atoms with van der Waals surface area (Å²) in [5.41, 5.74) is 0.345. The molecule has 0 saturated carbocycles. The summed E-state index contributed by atoms with van der Waals surface area (Å²) in [6.45, 7) is 4.08. The highest BCUT2D eigenvalue weighted by Gasteiger charge is 2.19. The number of aromatic nitrogens is 2. The maximum atomic E-state index is 11.8. The van der Waals surface area contributed by atoms with Crippen LogP contribution in [0, 0.1) is 0 Å². The first-order chi connectivity index (χ1) is 6.66. The molecule has 1 N–H and O–H groups in total. The van der Waals surface area contributed by atoms with Gasteiger partial charge in [-0.25, -0.2) is 0 Å². The van der Waals surface area contributed by atoms with Crippen molar-refractivity contribution in [3.05, 3.63) is 11.1 Å². The van der Waals surface area contributed by atoms with Crippen molar-refractivity contribution in [3.8, 4) is 0 Å². The topological polar surface area (TPSA) is 66.3 Å². The quantitative estimate of drug-likeness (QED) is 0.788. The highest BCUT2D eigenvalue weighted by atomic mass is 32.1. The number of carbonyl (C=O) groups excluding carboxylic acids is 1. The van der Waals surface area contributed by atoms with Crippen LogP contribution in [0.3, 0.4) is 0 Å². The Bertz CT molecular complexity index is 287. The average molecular weight is 215 g/mol. The molecule has 0 fully saturated rings. The van der Waals surface area contributed by atoms with Crippen LogP contribution in [-0.4, -0.2) is 44.7 Å². The molecule has 78 valence electrons. The summed E-state index contributed by atoms with van der Waals surface area (Å²) >= 11 is 1.14. The molecule has 1 aromatic rings. The molecule has 1 amide bonds. The predicted molar refractivity (Wildman–Crippen MR) is 53.2 cm³/mol. The van der Waals surface area contributed by atoms with Crippen molar-refractivity contribution in [2.75, 3.05) is 13.2 Å². The minimum atomic E-state index is -0.178. The van der Waals surface area contributed by atoms with Crippen LogP contribution in [0.4, 0.5) is 0 Å². The van der Waals surface area contributed by atoms with Gasteiger partial charge in [0, 0.05) is 18.0 Å². The van der Waals surface area contributed by atoms with Crippen LogP contribution in [-0.2, 0) is 0 Å². The molecule has 6 heteroatoms. The molecule has 14 heavy (non-hydrogen) atoms. The Morgan fingerprint density at radius 3 is 2.86 bits per heavy atom. The van der Waals surface area contributed by atoms with Crippen molar-refractivity contribution in [2.24, 2.45) is 0 Å². The van der Waals surface area contributed by atoms with Crippen LogP contribution in [0.5, 0.6) is 0 Å². The average Bonchev–Trinajstić information content (AvgIpc) is 2.65. The minimum absolute atomic E-state index is 0.0402. The lowest BCUT2D eigenvalue weighted by molar-refractivity contribution is 0.0659. The molecule has 0 aliphatic heterocycles. The van der Waals surface area contributed by atoms with Crippen LogP contribution in [0.25, 0.3) is 0 Å². The molecule has 1 heterocycles. The first-order valence-electron chi connectivity index (χ1n) is 4.35. The van der Waals surface area contributed by atoms with E-state index < -0.39 is 0 Å². The fourth-order valence-electron chi connectivity index (χ4n) is 1.11. The lowest BCUT2D eigenvalue weighted by Crippen LogP contribution is -2.39. The van der Waals surface area contributed by atoms with Crippen LogP contribution in [0.1, 0.15) is 24.3 Å². The Labute approximate surface area is 86.5 Å². The van der Waals surface area contributed by atoms with Gasteiger partial charge in [-0.1, -0.05) is 4.49 Å². The van der Waals surface area contributed by atoms with Crippen molar-refractivity contribution in [2.45, 2.75) is 19.9 Å². The Balaban J connectivity index is 2.74. The predicted octanol–water partition coefficient (Wildman–Crippen LogP) is 0.381. The van der Waals surface area contributed by atoms with E-state index in [9.17, 15) is 4.79 Å². The van der Waals surface area contributed by atoms with Crippen molar-refractivity contribution >= 4 is 17.4 Å². The van der Waals surface area contributed by atoms with E-state index in [4.69, 9.17) is 5.11 Å². The summed E-state index contributed by atoms with van der Waals surface area (Å²) in [5.74, 6) is -0.178. The highest BCUT2D eigenvalue weighted by Crippen LogP contribution is 2.06. The van der Waals surface area contributed by atoms with E-state index in [-0.39, 0.29) is 18.6 Å². The fraction of sp³-hybridized carbons (Fsp3) is 0.625. The number of carbonyl (C=O) groups is 1. The van der Waals surface area contributed by atoms with E-state index >= 15 is 0 Å². The molecule has 0 aliphatic rings. The molecule has 1 aromatic heterocycles. The van der Waals surface area contributed by atoms with Gasteiger partial charge in [-0.15, -0.1) is 5.10 Å². The van der Waals surface area contributed by atoms with Crippen molar-refractivity contribution in [1.29, 1.82) is 0 Å². The largest absolute Gasteiger partial charge is 0.395 e. The number of amides is 1. The second-order valence-electron chi connectivity index (χ2n) is 3.11. The zero-order valence-electron chi connectivity index (χ0n) is 8.17. The molecule has 0 aliphatic carbocycles.